The van der Waals surface area contributed by atoms with Crippen LogP contribution >= 0.6 is 0 Å². The monoisotopic (exact) mass is 447 g/mol. The molecule has 1 amide bonds. The van der Waals surface area contributed by atoms with Crippen LogP contribution in [0.4, 0.5) is 5.82 Å². The summed E-state index contributed by atoms with van der Waals surface area (Å²) < 4.78 is 17.7. The maximum atomic E-state index is 12.7. The Morgan fingerprint density at radius 3 is 2.85 bits per heavy atom. The van der Waals surface area contributed by atoms with Crippen LogP contribution in [0.5, 0.6) is 11.5 Å². The van der Waals surface area contributed by atoms with Crippen LogP contribution in [0.25, 0.3) is 17.4 Å². The van der Waals surface area contributed by atoms with E-state index >= 15 is 0 Å². The first kappa shape index (κ1) is 20.6. The zero-order valence-corrected chi connectivity index (χ0v) is 17.8. The number of furan rings is 1. The van der Waals surface area contributed by atoms with Gasteiger partial charge < -0.3 is 19.2 Å². The van der Waals surface area contributed by atoms with Crippen LogP contribution in [0.15, 0.2) is 57.9 Å². The van der Waals surface area contributed by atoms with Crippen LogP contribution < -0.4 is 20.3 Å². The molecule has 3 heterocycles. The number of aryl methyl sites for hydroxylation is 1. The summed E-state index contributed by atoms with van der Waals surface area (Å²) in [5, 5.41) is 7.28. The smallest absolute Gasteiger partial charge is 0.263 e. The summed E-state index contributed by atoms with van der Waals surface area (Å²) in [6.07, 6.45) is 3.85. The highest BCUT2D eigenvalue weighted by Crippen LogP contribution is 2.27. The van der Waals surface area contributed by atoms with E-state index in [1.165, 1.54) is 18.1 Å². The quantitative estimate of drug-likeness (QED) is 0.446. The Hall–Kier alpha value is -4.34. The third kappa shape index (κ3) is 4.10. The van der Waals surface area contributed by atoms with E-state index in [-0.39, 0.29) is 18.1 Å². The largest absolute Gasteiger partial charge is 0.493 e. The first-order valence-corrected chi connectivity index (χ1v) is 10.4. The lowest BCUT2D eigenvalue weighted by molar-refractivity contribution is -0.118. The molecule has 4 aromatic rings. The van der Waals surface area contributed by atoms with Crippen LogP contribution in [-0.2, 0) is 17.6 Å². The van der Waals surface area contributed by atoms with Crippen molar-refractivity contribution in [1.82, 2.24) is 19.7 Å². The average Bonchev–Trinajstić information content (AvgIpc) is 3.58. The SMILES string of the molecule is COc1ccccc1OCC(=O)Nc1cc(-c2ccco2)nn1-c1nc2c(c(=O)[nH]1)CCC2. The molecule has 2 N–H and O–H groups in total. The number of fused-ring (bicyclic) bond motifs is 1. The van der Waals surface area contributed by atoms with Gasteiger partial charge >= 0.3 is 0 Å². The molecule has 1 aliphatic rings. The molecule has 0 aliphatic heterocycles. The van der Waals surface area contributed by atoms with Crippen molar-refractivity contribution in [3.63, 3.8) is 0 Å². The molecule has 1 aliphatic carbocycles. The van der Waals surface area contributed by atoms with Crippen LogP contribution in [0.2, 0.25) is 0 Å². The maximum Gasteiger partial charge on any atom is 0.263 e. The van der Waals surface area contributed by atoms with Gasteiger partial charge in [0.1, 0.15) is 11.5 Å². The number of nitrogens with zero attached hydrogens (tertiary/aromatic N) is 3. The summed E-state index contributed by atoms with van der Waals surface area (Å²) in [5.74, 6) is 1.60. The molecular weight excluding hydrogens is 426 g/mol. The lowest BCUT2D eigenvalue weighted by Crippen LogP contribution is -2.24. The molecule has 0 saturated heterocycles. The summed E-state index contributed by atoms with van der Waals surface area (Å²) in [5.41, 5.74) is 1.73. The first-order valence-electron chi connectivity index (χ1n) is 10.4. The van der Waals surface area contributed by atoms with Crippen molar-refractivity contribution in [1.29, 1.82) is 0 Å². The minimum absolute atomic E-state index is 0.195. The molecule has 0 radical (unpaired) electrons. The molecule has 0 saturated carbocycles. The summed E-state index contributed by atoms with van der Waals surface area (Å²) in [4.78, 5) is 32.6. The van der Waals surface area contributed by atoms with E-state index in [0.717, 1.165) is 18.5 Å². The number of nitrogens with one attached hydrogen (secondary N) is 2. The fraction of sp³-hybridized carbons (Fsp3) is 0.217. The number of aromatic nitrogens is 4. The van der Waals surface area contributed by atoms with Gasteiger partial charge in [0.25, 0.3) is 11.5 Å². The molecule has 0 bridgehead atoms. The van der Waals surface area contributed by atoms with Crippen molar-refractivity contribution < 1.29 is 18.7 Å². The van der Waals surface area contributed by atoms with E-state index in [2.05, 4.69) is 20.4 Å². The number of benzene rings is 1. The number of hydrogen-bond donors (Lipinski definition) is 2. The Morgan fingerprint density at radius 2 is 2.06 bits per heavy atom. The topological polar surface area (TPSA) is 124 Å². The molecule has 0 unspecified atom stereocenters. The standard InChI is InChI=1S/C23H21N5O5/c1-31-18-8-2-3-9-19(18)33-13-21(29)25-20-12-16(17-10-5-11-32-17)27-28(20)23-24-15-7-4-6-14(15)22(30)26-23/h2-3,5,8-12H,4,6-7,13H2,1H3,(H,25,29)(H,24,26,30). The van der Waals surface area contributed by atoms with E-state index in [4.69, 9.17) is 13.9 Å². The average molecular weight is 447 g/mol. The van der Waals surface area contributed by atoms with Gasteiger partial charge in [0.05, 0.1) is 19.1 Å². The molecule has 168 valence electrons. The fourth-order valence-corrected chi connectivity index (χ4v) is 3.77. The van der Waals surface area contributed by atoms with Crippen molar-refractivity contribution in [3.05, 3.63) is 70.3 Å². The number of aromatic amines is 1. The molecule has 5 rings (SSSR count). The van der Waals surface area contributed by atoms with Gasteiger partial charge in [0, 0.05) is 11.6 Å². The summed E-state index contributed by atoms with van der Waals surface area (Å²) in [6, 6.07) is 12.2. The third-order valence-electron chi connectivity index (χ3n) is 5.31. The van der Waals surface area contributed by atoms with Crippen LogP contribution in [0.3, 0.4) is 0 Å². The molecule has 33 heavy (non-hydrogen) atoms. The summed E-state index contributed by atoms with van der Waals surface area (Å²) in [6.45, 7) is -0.254. The van der Waals surface area contributed by atoms with E-state index < -0.39 is 5.91 Å². The molecule has 0 spiro atoms. The molecule has 10 nitrogen and oxygen atoms in total. The van der Waals surface area contributed by atoms with Crippen molar-refractivity contribution >= 4 is 11.7 Å². The van der Waals surface area contributed by atoms with Gasteiger partial charge in [-0.3, -0.25) is 14.6 Å². The molecule has 0 fully saturated rings. The number of rotatable bonds is 7. The first-order chi connectivity index (χ1) is 16.1. The number of anilines is 1. The molecule has 0 atom stereocenters. The summed E-state index contributed by atoms with van der Waals surface area (Å²) >= 11 is 0. The number of carbonyl (C=O) groups excluding carboxylic acids is 1. The van der Waals surface area contributed by atoms with Crippen LogP contribution in [-0.4, -0.2) is 39.4 Å². The Kier molecular flexibility index (Phi) is 5.39. The number of methoxy groups -OCH3 is 1. The number of para-hydroxylation sites is 2. The maximum absolute atomic E-state index is 12.7. The second kappa shape index (κ2) is 8.65. The molecule has 3 aromatic heterocycles. The lowest BCUT2D eigenvalue weighted by Gasteiger charge is -2.11. The minimum Gasteiger partial charge on any atom is -0.493 e. The van der Waals surface area contributed by atoms with E-state index in [1.54, 1.807) is 36.4 Å². The molecular formula is C23H21N5O5. The Morgan fingerprint density at radius 1 is 1.21 bits per heavy atom. The molecule has 10 heteroatoms. The van der Waals surface area contributed by atoms with E-state index in [0.29, 0.717) is 40.8 Å². The zero-order valence-electron chi connectivity index (χ0n) is 17.8. The summed E-state index contributed by atoms with van der Waals surface area (Å²) in [7, 11) is 1.53. The number of H-pyrrole nitrogens is 1. The van der Waals surface area contributed by atoms with Gasteiger partial charge in [0.2, 0.25) is 5.95 Å². The van der Waals surface area contributed by atoms with Gasteiger partial charge in [-0.25, -0.2) is 4.98 Å². The van der Waals surface area contributed by atoms with Crippen LogP contribution in [0, 0.1) is 0 Å². The van der Waals surface area contributed by atoms with Crippen molar-refractivity contribution in [3.8, 4) is 28.9 Å². The van der Waals surface area contributed by atoms with Gasteiger partial charge in [-0.05, 0) is 43.5 Å². The Balaban J connectivity index is 1.43. The number of ether oxygens (including phenoxy) is 2. The van der Waals surface area contributed by atoms with Gasteiger partial charge in [-0.1, -0.05) is 12.1 Å². The second-order valence-corrected chi connectivity index (χ2v) is 7.46. The highest BCUT2D eigenvalue weighted by molar-refractivity contribution is 5.91. The number of carbonyl (C=O) groups is 1. The Labute approximate surface area is 188 Å². The minimum atomic E-state index is -0.420. The normalized spacial score (nSPS) is 12.4. The van der Waals surface area contributed by atoms with E-state index in [1.807, 2.05) is 6.07 Å². The van der Waals surface area contributed by atoms with Gasteiger partial charge in [-0.15, -0.1) is 0 Å². The predicted octanol–water partition coefficient (Wildman–Crippen LogP) is 2.73. The Bertz CT molecular complexity index is 1360. The highest BCUT2D eigenvalue weighted by Gasteiger charge is 2.21. The van der Waals surface area contributed by atoms with Crippen molar-refractivity contribution in [2.45, 2.75) is 19.3 Å². The van der Waals surface area contributed by atoms with Gasteiger partial charge in [0.15, 0.2) is 23.9 Å². The van der Waals surface area contributed by atoms with Crippen LogP contribution in [0.1, 0.15) is 17.7 Å². The lowest BCUT2D eigenvalue weighted by atomic mass is 10.3. The third-order valence-corrected chi connectivity index (χ3v) is 5.31. The predicted molar refractivity (Wildman–Crippen MR) is 119 cm³/mol. The highest BCUT2D eigenvalue weighted by atomic mass is 16.5. The number of amides is 1. The number of hydrogen-bond acceptors (Lipinski definition) is 7. The van der Waals surface area contributed by atoms with E-state index in [9.17, 15) is 9.59 Å². The van der Waals surface area contributed by atoms with Crippen molar-refractivity contribution in [2.24, 2.45) is 0 Å². The van der Waals surface area contributed by atoms with Crippen molar-refractivity contribution in [2.75, 3.05) is 19.0 Å². The second-order valence-electron chi connectivity index (χ2n) is 7.46. The van der Waals surface area contributed by atoms with Gasteiger partial charge in [-0.2, -0.15) is 9.78 Å². The zero-order chi connectivity index (χ0) is 22.8. The molecule has 1 aromatic carbocycles. The fourth-order valence-electron chi connectivity index (χ4n) is 3.77.